The van der Waals surface area contributed by atoms with Crippen LogP contribution in [0.2, 0.25) is 0 Å². The Labute approximate surface area is 209 Å². The van der Waals surface area contributed by atoms with E-state index in [0.717, 1.165) is 69.5 Å². The number of ether oxygens (including phenoxy) is 1. The third kappa shape index (κ3) is 8.06. The Balaban J connectivity index is 1.46. The van der Waals surface area contributed by atoms with Crippen molar-refractivity contribution < 1.29 is 9.13 Å². The highest BCUT2D eigenvalue weighted by Gasteiger charge is 2.27. The molecular formula is C29H37FN4O. The van der Waals surface area contributed by atoms with Crippen LogP contribution in [0.15, 0.2) is 42.5 Å². The Bertz CT molecular complexity index is 1030. The first-order chi connectivity index (χ1) is 17.0. The van der Waals surface area contributed by atoms with Crippen LogP contribution >= 0.6 is 0 Å². The van der Waals surface area contributed by atoms with Crippen LogP contribution in [0.4, 0.5) is 4.39 Å². The van der Waals surface area contributed by atoms with Crippen molar-refractivity contribution in [3.8, 4) is 17.9 Å². The van der Waals surface area contributed by atoms with Crippen LogP contribution in [0.25, 0.3) is 0 Å². The molecule has 2 aromatic rings. The Morgan fingerprint density at radius 3 is 2.77 bits per heavy atom. The highest BCUT2D eigenvalue weighted by molar-refractivity contribution is 5.40. The zero-order valence-corrected chi connectivity index (χ0v) is 21.0. The number of hydrogen-bond donors (Lipinski definition) is 0. The van der Waals surface area contributed by atoms with Gasteiger partial charge < -0.3 is 9.64 Å². The summed E-state index contributed by atoms with van der Waals surface area (Å²) in [7, 11) is 0. The van der Waals surface area contributed by atoms with E-state index < -0.39 is 0 Å². The van der Waals surface area contributed by atoms with E-state index in [1.165, 1.54) is 17.7 Å². The van der Waals surface area contributed by atoms with E-state index in [4.69, 9.17) is 10.00 Å². The maximum Gasteiger partial charge on any atom is 0.126 e. The molecule has 0 spiro atoms. The molecule has 1 fully saturated rings. The van der Waals surface area contributed by atoms with Crippen LogP contribution in [-0.2, 0) is 0 Å². The normalized spacial score (nSPS) is 16.7. The molecular weight excluding hydrogens is 439 g/mol. The molecule has 2 unspecified atom stereocenters. The summed E-state index contributed by atoms with van der Waals surface area (Å²) in [6, 6.07) is 17.4. The lowest BCUT2D eigenvalue weighted by molar-refractivity contribution is 0.160. The molecule has 0 bridgehead atoms. The van der Waals surface area contributed by atoms with E-state index in [0.29, 0.717) is 30.7 Å². The number of rotatable bonds is 13. The molecule has 1 saturated heterocycles. The Kier molecular flexibility index (Phi) is 10.5. The van der Waals surface area contributed by atoms with Crippen molar-refractivity contribution in [1.82, 2.24) is 9.80 Å². The molecule has 5 nitrogen and oxygen atoms in total. The van der Waals surface area contributed by atoms with Crippen molar-refractivity contribution in [3.05, 3.63) is 65.0 Å². The molecule has 1 aliphatic heterocycles. The SMILES string of the molecule is CCC(CCCN1CCC(N(CCC#N)CCOc2cccc(F)c2)C1)c1ccc(C#N)c(C)c1. The standard InChI is InChI=1S/C29H37FN4O/c1-3-24(25-10-11-26(21-32)23(2)19-25)7-5-14-33-16-12-28(22-33)34(15-6-13-31)17-18-35-29-9-4-8-27(30)20-29/h4,8-11,19-20,24,28H,3,5-7,12,14-18,22H2,1-2H3. The fourth-order valence-corrected chi connectivity index (χ4v) is 5.06. The molecule has 2 aromatic carbocycles. The van der Waals surface area contributed by atoms with Gasteiger partial charge in [0.2, 0.25) is 0 Å². The van der Waals surface area contributed by atoms with Gasteiger partial charge in [-0.3, -0.25) is 4.90 Å². The topological polar surface area (TPSA) is 63.3 Å². The van der Waals surface area contributed by atoms with Gasteiger partial charge in [-0.15, -0.1) is 0 Å². The van der Waals surface area contributed by atoms with Crippen LogP contribution < -0.4 is 4.74 Å². The van der Waals surface area contributed by atoms with Gasteiger partial charge >= 0.3 is 0 Å². The molecule has 2 atom stereocenters. The smallest absolute Gasteiger partial charge is 0.126 e. The predicted molar refractivity (Wildman–Crippen MR) is 137 cm³/mol. The van der Waals surface area contributed by atoms with Gasteiger partial charge in [0.15, 0.2) is 0 Å². The Morgan fingerprint density at radius 1 is 1.20 bits per heavy atom. The second-order valence-electron chi connectivity index (χ2n) is 9.43. The van der Waals surface area contributed by atoms with Crippen LogP contribution in [0.1, 0.15) is 61.6 Å². The van der Waals surface area contributed by atoms with Gasteiger partial charge in [0.1, 0.15) is 18.2 Å². The lowest BCUT2D eigenvalue weighted by atomic mass is 9.90. The van der Waals surface area contributed by atoms with Gasteiger partial charge in [-0.25, -0.2) is 4.39 Å². The predicted octanol–water partition coefficient (Wildman–Crippen LogP) is 5.65. The Hall–Kier alpha value is -2.93. The minimum atomic E-state index is -0.296. The summed E-state index contributed by atoms with van der Waals surface area (Å²) in [5.74, 6) is 0.767. The molecule has 186 valence electrons. The largest absolute Gasteiger partial charge is 0.492 e. The molecule has 0 aliphatic carbocycles. The fraction of sp³-hybridized carbons (Fsp3) is 0.517. The number of halogens is 1. The maximum absolute atomic E-state index is 13.4. The molecule has 0 N–H and O–H groups in total. The van der Waals surface area contributed by atoms with Gasteiger partial charge in [-0.2, -0.15) is 10.5 Å². The average Bonchev–Trinajstić information content (AvgIpc) is 3.32. The highest BCUT2D eigenvalue weighted by atomic mass is 19.1. The number of likely N-dealkylation sites (tertiary alicyclic amines) is 1. The summed E-state index contributed by atoms with van der Waals surface area (Å²) < 4.78 is 19.1. The highest BCUT2D eigenvalue weighted by Crippen LogP contribution is 2.27. The van der Waals surface area contributed by atoms with E-state index in [-0.39, 0.29) is 5.82 Å². The molecule has 1 aliphatic rings. The minimum absolute atomic E-state index is 0.296. The Morgan fingerprint density at radius 2 is 2.06 bits per heavy atom. The van der Waals surface area contributed by atoms with Crippen molar-refractivity contribution in [1.29, 1.82) is 10.5 Å². The summed E-state index contributed by atoms with van der Waals surface area (Å²) in [5, 5.41) is 18.3. The van der Waals surface area contributed by atoms with Gasteiger partial charge in [0.05, 0.1) is 17.7 Å². The van der Waals surface area contributed by atoms with E-state index in [9.17, 15) is 9.65 Å². The van der Waals surface area contributed by atoms with Gasteiger partial charge in [-0.05, 0) is 80.9 Å². The first-order valence-electron chi connectivity index (χ1n) is 12.8. The summed E-state index contributed by atoms with van der Waals surface area (Å²) >= 11 is 0. The van der Waals surface area contributed by atoms with E-state index in [2.05, 4.69) is 41.0 Å². The monoisotopic (exact) mass is 476 g/mol. The third-order valence-corrected chi connectivity index (χ3v) is 7.08. The lowest BCUT2D eigenvalue weighted by Crippen LogP contribution is -2.40. The van der Waals surface area contributed by atoms with E-state index >= 15 is 0 Å². The molecule has 6 heteroatoms. The van der Waals surface area contributed by atoms with Gasteiger partial charge in [0.25, 0.3) is 0 Å². The maximum atomic E-state index is 13.4. The number of benzene rings is 2. The molecule has 35 heavy (non-hydrogen) atoms. The third-order valence-electron chi connectivity index (χ3n) is 7.08. The van der Waals surface area contributed by atoms with Crippen molar-refractivity contribution in [2.24, 2.45) is 0 Å². The van der Waals surface area contributed by atoms with Crippen molar-refractivity contribution in [2.75, 3.05) is 39.3 Å². The van der Waals surface area contributed by atoms with Gasteiger partial charge in [0, 0.05) is 38.2 Å². The van der Waals surface area contributed by atoms with E-state index in [1.807, 2.05) is 13.0 Å². The molecule has 0 amide bonds. The lowest BCUT2D eigenvalue weighted by Gasteiger charge is -2.28. The van der Waals surface area contributed by atoms with Gasteiger partial charge in [-0.1, -0.05) is 25.1 Å². The average molecular weight is 477 g/mol. The molecule has 0 radical (unpaired) electrons. The first kappa shape index (κ1) is 26.7. The zero-order valence-electron chi connectivity index (χ0n) is 21.0. The molecule has 3 rings (SSSR count). The summed E-state index contributed by atoms with van der Waals surface area (Å²) in [5.41, 5.74) is 3.16. The minimum Gasteiger partial charge on any atom is -0.492 e. The van der Waals surface area contributed by atoms with Crippen LogP contribution in [-0.4, -0.2) is 55.2 Å². The second-order valence-corrected chi connectivity index (χ2v) is 9.43. The van der Waals surface area contributed by atoms with Crippen LogP contribution in [0, 0.1) is 35.4 Å². The summed E-state index contributed by atoms with van der Waals surface area (Å²) in [6.07, 6.45) is 4.98. The first-order valence-corrected chi connectivity index (χ1v) is 12.8. The van der Waals surface area contributed by atoms with Crippen molar-refractivity contribution in [2.45, 2.75) is 57.9 Å². The molecule has 1 heterocycles. The quantitative estimate of drug-likeness (QED) is 0.374. The van der Waals surface area contributed by atoms with E-state index in [1.54, 1.807) is 12.1 Å². The van der Waals surface area contributed by atoms with Crippen molar-refractivity contribution >= 4 is 0 Å². The number of nitriles is 2. The van der Waals surface area contributed by atoms with Crippen LogP contribution in [0.5, 0.6) is 5.75 Å². The zero-order chi connectivity index (χ0) is 25.0. The van der Waals surface area contributed by atoms with Crippen LogP contribution in [0.3, 0.4) is 0 Å². The number of aryl methyl sites for hydroxylation is 1. The summed E-state index contributed by atoms with van der Waals surface area (Å²) in [4.78, 5) is 4.89. The number of nitrogens with zero attached hydrogens (tertiary/aromatic N) is 4. The number of hydrogen-bond acceptors (Lipinski definition) is 5. The summed E-state index contributed by atoms with van der Waals surface area (Å²) in [6.45, 7) is 9.36. The molecule has 0 saturated carbocycles. The molecule has 0 aromatic heterocycles. The fourth-order valence-electron chi connectivity index (χ4n) is 5.06. The van der Waals surface area contributed by atoms with Crippen molar-refractivity contribution in [3.63, 3.8) is 0 Å². The second kappa shape index (κ2) is 13.8.